The Labute approximate surface area is 418 Å². The zero-order valence-corrected chi connectivity index (χ0v) is 42.6. The third kappa shape index (κ3) is 6.32. The van der Waals surface area contributed by atoms with Gasteiger partial charge in [0.15, 0.2) is 23.0 Å². The number of hydrogen-bond donors (Lipinski definition) is 0. The molecule has 0 aromatic heterocycles. The summed E-state index contributed by atoms with van der Waals surface area (Å²) in [4.78, 5) is 0. The Balaban J connectivity index is 1.14. The predicted octanol–water partition coefficient (Wildman–Crippen LogP) is 14.1. The lowest BCUT2D eigenvalue weighted by Crippen LogP contribution is -2.44. The first kappa shape index (κ1) is 43.0. The molecule has 0 saturated heterocycles. The van der Waals surface area contributed by atoms with Gasteiger partial charge >= 0.3 is 0 Å². The van der Waals surface area contributed by atoms with Crippen molar-refractivity contribution in [3.05, 3.63) is 218 Å². The third-order valence-electron chi connectivity index (χ3n) is 12.7. The lowest BCUT2D eigenvalue weighted by molar-refractivity contribution is 0.600. The van der Waals surface area contributed by atoms with E-state index in [1.807, 2.05) is 133 Å². The van der Waals surface area contributed by atoms with Crippen molar-refractivity contribution in [2.75, 3.05) is 8.88 Å². The average Bonchev–Trinajstić information content (AvgIpc) is 3.37. The lowest BCUT2D eigenvalue weighted by Gasteiger charge is -2.52. The van der Waals surface area contributed by atoms with Crippen molar-refractivity contribution in [1.29, 1.82) is 0 Å². The minimum atomic E-state index is -3.56. The molecule has 4 heterocycles. The molecule has 0 N–H and O–H groups in total. The second-order valence-corrected chi connectivity index (χ2v) is 31.6. The fourth-order valence-corrected chi connectivity index (χ4v) is 30.5. The highest BCUT2D eigenvalue weighted by Gasteiger charge is 2.64. The zero-order valence-electron chi connectivity index (χ0n) is 35.7. The van der Waals surface area contributed by atoms with E-state index in [0.29, 0.717) is 34.4 Å². The smallest absolute Gasteiger partial charge is 0.239 e. The van der Waals surface area contributed by atoms with E-state index in [1.165, 1.54) is 0 Å². The summed E-state index contributed by atoms with van der Waals surface area (Å²) in [5.74, 6) is 2.68. The van der Waals surface area contributed by atoms with Gasteiger partial charge in [0, 0.05) is 44.5 Å². The molecule has 6 nitrogen and oxygen atoms in total. The Morgan fingerprint density at radius 2 is 0.426 bits per heavy atom. The molecule has 4 aliphatic heterocycles. The number of nitrogens with zero attached hydrogens (tertiary/aromatic N) is 2. The van der Waals surface area contributed by atoms with Gasteiger partial charge in [-0.3, -0.25) is 0 Å². The third-order valence-corrected chi connectivity index (χ3v) is 31.1. The van der Waals surface area contributed by atoms with Gasteiger partial charge in [-0.05, 0) is 60.7 Å². The average molecular weight is 1030 g/mol. The van der Waals surface area contributed by atoms with Gasteiger partial charge in [-0.1, -0.05) is 167 Å². The second-order valence-electron chi connectivity index (χ2n) is 16.6. The first-order valence-corrected chi connectivity index (χ1v) is 32.6. The molecule has 0 bridgehead atoms. The van der Waals surface area contributed by atoms with Crippen LogP contribution in [0.4, 0.5) is 11.4 Å². The highest BCUT2D eigenvalue weighted by molar-refractivity contribution is 8.54. The molecule has 0 radical (unpaired) electrons. The number of anilines is 2. The van der Waals surface area contributed by atoms with Crippen molar-refractivity contribution in [3.63, 3.8) is 0 Å². The van der Waals surface area contributed by atoms with Crippen LogP contribution in [0.1, 0.15) is 0 Å². The maximum atomic E-state index is 7.48. The zero-order chi connectivity index (χ0) is 45.8. The Morgan fingerprint density at radius 3 is 0.676 bits per heavy atom. The molecule has 0 saturated carbocycles. The summed E-state index contributed by atoms with van der Waals surface area (Å²) in [5, 5.41) is 3.41. The maximum Gasteiger partial charge on any atom is 0.239 e. The molecule has 9 aromatic rings. The van der Waals surface area contributed by atoms with Crippen LogP contribution in [-0.4, -0.2) is 0 Å². The number of fused-ring (bicyclic) bond motifs is 12. The molecular formula is C54H36N2O4P4S4. The van der Waals surface area contributed by atoms with Crippen LogP contribution in [0, 0.1) is 0 Å². The molecule has 4 atom stereocenters. The van der Waals surface area contributed by atoms with E-state index in [0.717, 1.165) is 65.7 Å². The molecule has 0 aliphatic carbocycles. The van der Waals surface area contributed by atoms with Crippen LogP contribution >= 0.6 is 27.4 Å². The summed E-state index contributed by atoms with van der Waals surface area (Å²) >= 11 is 29.2. The van der Waals surface area contributed by atoms with Crippen LogP contribution in [0.5, 0.6) is 23.0 Å². The minimum Gasteiger partial charge on any atom is -0.481 e. The summed E-state index contributed by atoms with van der Waals surface area (Å²) in [6.45, 7) is -14.3. The molecule has 0 spiro atoms. The van der Waals surface area contributed by atoms with Crippen LogP contribution in [0.25, 0.3) is 44.5 Å². The Bertz CT molecular complexity index is 3100. The van der Waals surface area contributed by atoms with Gasteiger partial charge in [0.1, 0.15) is 32.6 Å². The quantitative estimate of drug-likeness (QED) is 0.119. The van der Waals surface area contributed by atoms with Crippen molar-refractivity contribution in [2.24, 2.45) is 0 Å². The lowest BCUT2D eigenvalue weighted by atomic mass is 10.0. The molecule has 4 unspecified atom stereocenters. The van der Waals surface area contributed by atoms with Crippen molar-refractivity contribution in [3.8, 4) is 67.5 Å². The van der Waals surface area contributed by atoms with E-state index in [9.17, 15) is 0 Å². The highest BCUT2D eigenvalue weighted by Crippen LogP contribution is 2.85. The van der Waals surface area contributed by atoms with Crippen molar-refractivity contribution >= 4 is 109 Å². The van der Waals surface area contributed by atoms with E-state index in [1.54, 1.807) is 0 Å². The van der Waals surface area contributed by atoms with Crippen molar-refractivity contribution in [1.82, 2.24) is 0 Å². The largest absolute Gasteiger partial charge is 0.481 e. The predicted molar refractivity (Wildman–Crippen MR) is 297 cm³/mol. The molecule has 0 amide bonds. The summed E-state index contributed by atoms with van der Waals surface area (Å²) in [7, 11) is 0. The molecule has 9 aromatic carbocycles. The van der Waals surface area contributed by atoms with E-state index in [4.69, 9.17) is 67.1 Å². The molecule has 68 heavy (non-hydrogen) atoms. The molecule has 4 aliphatic rings. The van der Waals surface area contributed by atoms with Gasteiger partial charge in [-0.15, -0.1) is 0 Å². The van der Waals surface area contributed by atoms with Crippen molar-refractivity contribution < 1.29 is 18.1 Å². The molecule has 0 fully saturated rings. The summed E-state index contributed by atoms with van der Waals surface area (Å²) < 4.78 is 34.3. The topological polar surface area (TPSA) is 43.4 Å². The first-order valence-electron chi connectivity index (χ1n) is 21.9. The number of hydrogen-bond acceptors (Lipinski definition) is 10. The second kappa shape index (κ2) is 16.2. The van der Waals surface area contributed by atoms with Crippen molar-refractivity contribution in [2.45, 2.75) is 0 Å². The van der Waals surface area contributed by atoms with Crippen LogP contribution in [0.2, 0.25) is 0 Å². The standard InChI is InChI=1S/C54H36N2O4P4S4/c65-61(51-33-15-5-23-41(51)37-19-1-11-29-47(37)57-61)55(62(66)52-34-16-6-24-42(52)38-20-2-12-30-48(38)58-62)45-27-9-10-28-46(45)56(63(67)53-35-17-7-25-43(53)39-21-3-13-31-49(39)59-63)64(68)54-36-18-8-26-44(54)40-22-4-14-32-50(40)60-64/h1-36H. The van der Waals surface area contributed by atoms with Gasteiger partial charge in [0.25, 0.3) is 0 Å². The maximum absolute atomic E-state index is 7.48. The Hall–Kier alpha value is -5.10. The summed E-state index contributed by atoms with van der Waals surface area (Å²) in [6.07, 6.45) is 0. The molecular weight excluding hydrogens is 993 g/mol. The Kier molecular flexibility index (Phi) is 10.3. The molecule has 14 heteroatoms. The monoisotopic (exact) mass is 1030 g/mol. The summed E-state index contributed by atoms with van der Waals surface area (Å²) in [5.41, 5.74) is 9.02. The van der Waals surface area contributed by atoms with Crippen LogP contribution in [0.3, 0.4) is 0 Å². The van der Waals surface area contributed by atoms with Crippen LogP contribution in [-0.2, 0) is 49.0 Å². The van der Waals surface area contributed by atoms with Gasteiger partial charge in [-0.25, -0.2) is 0 Å². The van der Waals surface area contributed by atoms with Gasteiger partial charge in [0.2, 0.25) is 27.4 Å². The van der Waals surface area contributed by atoms with E-state index in [-0.39, 0.29) is 0 Å². The number of para-hydroxylation sites is 6. The van der Waals surface area contributed by atoms with E-state index < -0.39 is 27.4 Å². The van der Waals surface area contributed by atoms with Gasteiger partial charge in [-0.2, -0.15) is 0 Å². The van der Waals surface area contributed by atoms with Gasteiger partial charge < -0.3 is 67.1 Å². The van der Waals surface area contributed by atoms with E-state index >= 15 is 0 Å². The fourth-order valence-electron chi connectivity index (χ4n) is 9.84. The van der Waals surface area contributed by atoms with Crippen LogP contribution in [0.15, 0.2) is 218 Å². The number of rotatable bonds is 6. The van der Waals surface area contributed by atoms with Gasteiger partial charge in [0.05, 0.1) is 0 Å². The van der Waals surface area contributed by atoms with E-state index in [2.05, 4.69) is 93.8 Å². The SMILES string of the molecule is [S-][P+]1(N(c2ccccc2N([P+]2([S-])Oc3ccccc3-c3ccccc32)[P+]2([S-])Oc3ccccc3-c3ccccc32)[P+]2([S-])Oc3ccccc3-c3ccccc32)Oc2ccccc2-c2ccccc21. The summed E-state index contributed by atoms with van der Waals surface area (Å²) in [6, 6.07) is 73.6. The Morgan fingerprint density at radius 1 is 0.235 bits per heavy atom. The first-order chi connectivity index (χ1) is 33.2. The normalized spacial score (nSPS) is 21.9. The molecule has 13 rings (SSSR count). The molecule has 330 valence electrons. The highest BCUT2D eigenvalue weighted by atomic mass is 32.7. The fraction of sp³-hybridized carbons (Fsp3) is 0. The number of benzene rings is 9. The minimum absolute atomic E-state index is 0.649. The van der Waals surface area contributed by atoms with Crippen LogP contribution < -0.4 is 48.2 Å².